The van der Waals surface area contributed by atoms with E-state index in [1.54, 1.807) is 0 Å². The predicted molar refractivity (Wildman–Crippen MR) is 83.1 cm³/mol. The summed E-state index contributed by atoms with van der Waals surface area (Å²) < 4.78 is 6.91. The Morgan fingerprint density at radius 1 is 1.40 bits per heavy atom. The Bertz CT molecular complexity index is 601. The molecule has 0 saturated carbocycles. The molecule has 0 fully saturated rings. The summed E-state index contributed by atoms with van der Waals surface area (Å²) in [5, 5.41) is 3.34. The molecule has 0 amide bonds. The fraction of sp³-hybridized carbons (Fsp3) is 0.312. The van der Waals surface area contributed by atoms with Gasteiger partial charge < -0.3 is 10.1 Å². The van der Waals surface area contributed by atoms with Crippen molar-refractivity contribution in [3.63, 3.8) is 0 Å². The Balaban J connectivity index is 1.91. The van der Waals surface area contributed by atoms with E-state index < -0.39 is 0 Å². The molecule has 2 aromatic rings. The number of halogens is 1. The number of ether oxygens (including phenoxy) is 1. The standard InChI is InChI=1S/C16H17BrN2O/c1-18-15(14-4-2-3-6-19-14)10-12-9-13(17)8-11-5-7-20-16(11)12/h2-4,6,8-9,15,18H,5,7,10H2,1H3. The van der Waals surface area contributed by atoms with Crippen LogP contribution in [0.15, 0.2) is 41.0 Å². The number of benzene rings is 1. The molecule has 1 N–H and O–H groups in total. The first-order valence-electron chi connectivity index (χ1n) is 6.80. The molecular weight excluding hydrogens is 316 g/mol. The molecule has 1 atom stereocenters. The number of hydrogen-bond donors (Lipinski definition) is 1. The number of fused-ring (bicyclic) bond motifs is 1. The molecule has 1 aromatic heterocycles. The lowest BCUT2D eigenvalue weighted by molar-refractivity contribution is 0.352. The molecule has 0 bridgehead atoms. The molecule has 1 aliphatic heterocycles. The highest BCUT2D eigenvalue weighted by Gasteiger charge is 2.20. The summed E-state index contributed by atoms with van der Waals surface area (Å²) in [6.07, 6.45) is 3.70. The molecule has 0 radical (unpaired) electrons. The fourth-order valence-electron chi connectivity index (χ4n) is 2.65. The maximum absolute atomic E-state index is 5.80. The summed E-state index contributed by atoms with van der Waals surface area (Å²) >= 11 is 3.59. The molecule has 1 aromatic carbocycles. The SMILES string of the molecule is CNC(Cc1cc(Br)cc2c1OCC2)c1ccccn1. The molecule has 20 heavy (non-hydrogen) atoms. The van der Waals surface area contributed by atoms with Crippen LogP contribution in [0.4, 0.5) is 0 Å². The molecule has 3 rings (SSSR count). The Hall–Kier alpha value is -1.39. The van der Waals surface area contributed by atoms with Crippen LogP contribution in [0.2, 0.25) is 0 Å². The quantitative estimate of drug-likeness (QED) is 0.932. The number of nitrogens with zero attached hydrogens (tertiary/aromatic N) is 1. The van der Waals surface area contributed by atoms with E-state index in [9.17, 15) is 0 Å². The van der Waals surface area contributed by atoms with Crippen LogP contribution in [0.5, 0.6) is 5.75 Å². The van der Waals surface area contributed by atoms with Gasteiger partial charge >= 0.3 is 0 Å². The second-order valence-corrected chi connectivity index (χ2v) is 5.87. The van der Waals surface area contributed by atoms with Crippen molar-refractivity contribution in [1.82, 2.24) is 10.3 Å². The average Bonchev–Trinajstić information content (AvgIpc) is 2.93. The van der Waals surface area contributed by atoms with Crippen molar-refractivity contribution in [2.45, 2.75) is 18.9 Å². The lowest BCUT2D eigenvalue weighted by Crippen LogP contribution is -2.20. The Labute approximate surface area is 127 Å². The van der Waals surface area contributed by atoms with E-state index in [4.69, 9.17) is 4.74 Å². The maximum Gasteiger partial charge on any atom is 0.125 e. The van der Waals surface area contributed by atoms with Gasteiger partial charge in [-0.15, -0.1) is 0 Å². The summed E-state index contributed by atoms with van der Waals surface area (Å²) in [4.78, 5) is 4.45. The molecule has 1 aliphatic rings. The van der Waals surface area contributed by atoms with E-state index in [0.717, 1.165) is 35.4 Å². The first-order valence-corrected chi connectivity index (χ1v) is 7.59. The summed E-state index contributed by atoms with van der Waals surface area (Å²) in [5.41, 5.74) is 3.59. The van der Waals surface area contributed by atoms with Gasteiger partial charge in [0.1, 0.15) is 5.75 Å². The van der Waals surface area contributed by atoms with Crippen molar-refractivity contribution >= 4 is 15.9 Å². The Morgan fingerprint density at radius 3 is 3.05 bits per heavy atom. The van der Waals surface area contributed by atoms with E-state index in [0.29, 0.717) is 0 Å². The molecule has 0 saturated heterocycles. The highest BCUT2D eigenvalue weighted by molar-refractivity contribution is 9.10. The van der Waals surface area contributed by atoms with E-state index in [-0.39, 0.29) is 6.04 Å². The van der Waals surface area contributed by atoms with Crippen molar-refractivity contribution in [3.05, 3.63) is 57.8 Å². The molecule has 0 aliphatic carbocycles. The zero-order chi connectivity index (χ0) is 13.9. The third-order valence-electron chi connectivity index (χ3n) is 3.64. The van der Waals surface area contributed by atoms with Gasteiger partial charge in [-0.2, -0.15) is 0 Å². The van der Waals surface area contributed by atoms with Gasteiger partial charge in [-0.1, -0.05) is 22.0 Å². The van der Waals surface area contributed by atoms with E-state index in [1.165, 1.54) is 11.1 Å². The lowest BCUT2D eigenvalue weighted by Gasteiger charge is -2.17. The highest BCUT2D eigenvalue weighted by atomic mass is 79.9. The monoisotopic (exact) mass is 332 g/mol. The summed E-state index contributed by atoms with van der Waals surface area (Å²) in [7, 11) is 1.97. The molecule has 104 valence electrons. The topological polar surface area (TPSA) is 34.1 Å². The van der Waals surface area contributed by atoms with Crippen molar-refractivity contribution in [1.29, 1.82) is 0 Å². The summed E-state index contributed by atoms with van der Waals surface area (Å²) in [5.74, 6) is 1.06. The van der Waals surface area contributed by atoms with Gasteiger partial charge in [-0.25, -0.2) is 0 Å². The number of likely N-dealkylation sites (N-methyl/N-ethyl adjacent to an activating group) is 1. The zero-order valence-electron chi connectivity index (χ0n) is 11.4. The molecule has 2 heterocycles. The third kappa shape index (κ3) is 2.72. The third-order valence-corrected chi connectivity index (χ3v) is 4.10. The lowest BCUT2D eigenvalue weighted by atomic mass is 9.99. The summed E-state index contributed by atoms with van der Waals surface area (Å²) in [6, 6.07) is 10.5. The molecule has 1 unspecified atom stereocenters. The van der Waals surface area contributed by atoms with Crippen LogP contribution in [0.25, 0.3) is 0 Å². The van der Waals surface area contributed by atoms with E-state index >= 15 is 0 Å². The zero-order valence-corrected chi connectivity index (χ0v) is 13.0. The minimum atomic E-state index is 0.193. The highest BCUT2D eigenvalue weighted by Crippen LogP contribution is 2.35. The first kappa shape index (κ1) is 13.6. The predicted octanol–water partition coefficient (Wildman–Crippen LogP) is 3.28. The Kier molecular flexibility index (Phi) is 4.03. The minimum Gasteiger partial charge on any atom is -0.493 e. The van der Waals surface area contributed by atoms with Gasteiger partial charge in [-0.05, 0) is 48.9 Å². The van der Waals surface area contributed by atoms with Gasteiger partial charge in [-0.3, -0.25) is 4.98 Å². The van der Waals surface area contributed by atoms with Crippen LogP contribution in [0.1, 0.15) is 22.9 Å². The van der Waals surface area contributed by atoms with Gasteiger partial charge in [0, 0.05) is 17.1 Å². The number of pyridine rings is 1. The molecular formula is C16H17BrN2O. The molecule has 4 heteroatoms. The number of aromatic nitrogens is 1. The van der Waals surface area contributed by atoms with Crippen LogP contribution in [0, 0.1) is 0 Å². The van der Waals surface area contributed by atoms with Crippen LogP contribution in [0.3, 0.4) is 0 Å². The van der Waals surface area contributed by atoms with Crippen LogP contribution < -0.4 is 10.1 Å². The normalized spacial score (nSPS) is 14.7. The average molecular weight is 333 g/mol. The second-order valence-electron chi connectivity index (χ2n) is 4.95. The van der Waals surface area contributed by atoms with Crippen molar-refractivity contribution in [3.8, 4) is 5.75 Å². The van der Waals surface area contributed by atoms with Crippen LogP contribution >= 0.6 is 15.9 Å². The maximum atomic E-state index is 5.80. The van der Waals surface area contributed by atoms with E-state index in [1.807, 2.05) is 25.4 Å². The Morgan fingerprint density at radius 2 is 2.30 bits per heavy atom. The van der Waals surface area contributed by atoms with Gasteiger partial charge in [0.25, 0.3) is 0 Å². The fourth-order valence-corrected chi connectivity index (χ4v) is 3.21. The number of hydrogen-bond acceptors (Lipinski definition) is 3. The number of nitrogens with one attached hydrogen (secondary N) is 1. The van der Waals surface area contributed by atoms with Crippen LogP contribution in [-0.4, -0.2) is 18.6 Å². The first-order chi connectivity index (χ1) is 9.78. The smallest absolute Gasteiger partial charge is 0.125 e. The van der Waals surface area contributed by atoms with Gasteiger partial charge in [0.2, 0.25) is 0 Å². The van der Waals surface area contributed by atoms with E-state index in [2.05, 4.69) is 44.4 Å². The second kappa shape index (κ2) is 5.94. The largest absolute Gasteiger partial charge is 0.493 e. The van der Waals surface area contributed by atoms with Gasteiger partial charge in [0.05, 0.1) is 18.3 Å². The number of rotatable bonds is 4. The minimum absolute atomic E-state index is 0.193. The van der Waals surface area contributed by atoms with Crippen LogP contribution in [-0.2, 0) is 12.8 Å². The summed E-state index contributed by atoms with van der Waals surface area (Å²) in [6.45, 7) is 0.784. The van der Waals surface area contributed by atoms with Crippen molar-refractivity contribution in [2.24, 2.45) is 0 Å². The molecule has 3 nitrogen and oxygen atoms in total. The van der Waals surface area contributed by atoms with Crippen molar-refractivity contribution in [2.75, 3.05) is 13.7 Å². The molecule has 0 spiro atoms. The van der Waals surface area contributed by atoms with Gasteiger partial charge in [0.15, 0.2) is 0 Å². The van der Waals surface area contributed by atoms with Crippen molar-refractivity contribution < 1.29 is 4.74 Å².